The Labute approximate surface area is 194 Å². The first-order valence-electron chi connectivity index (χ1n) is 10.7. The molecule has 182 valence electrons. The number of nitrogens with two attached hydrogens (primary N) is 1. The second-order valence-corrected chi connectivity index (χ2v) is 8.61. The number of nitrogens with one attached hydrogen (secondary N) is 1. The Hall–Kier alpha value is -2.99. The van der Waals surface area contributed by atoms with Crippen LogP contribution in [0, 0.1) is 17.5 Å². The molecular weight excluding hydrogens is 451 g/mol. The number of halogens is 3. The summed E-state index contributed by atoms with van der Waals surface area (Å²) in [5.41, 5.74) is 4.68. The van der Waals surface area contributed by atoms with Crippen LogP contribution in [0.15, 0.2) is 36.5 Å². The molecule has 1 aliphatic heterocycles. The average Bonchev–Trinajstić information content (AvgIpc) is 3.13. The van der Waals surface area contributed by atoms with Gasteiger partial charge >= 0.3 is 0 Å². The summed E-state index contributed by atoms with van der Waals surface area (Å²) >= 11 is 0. The molecule has 0 amide bonds. The van der Waals surface area contributed by atoms with Gasteiger partial charge in [0, 0.05) is 13.1 Å². The quantitative estimate of drug-likeness (QED) is 0.417. The minimum atomic E-state index is -1.46. The number of aliphatic hydroxyl groups excluding tert-OH is 1. The first kappa shape index (κ1) is 24.1. The third-order valence-corrected chi connectivity index (χ3v) is 6.34. The first-order valence-corrected chi connectivity index (χ1v) is 10.7. The van der Waals surface area contributed by atoms with E-state index in [-0.39, 0.29) is 5.69 Å². The molecule has 34 heavy (non-hydrogen) atoms. The van der Waals surface area contributed by atoms with Crippen LogP contribution in [0.5, 0.6) is 0 Å². The van der Waals surface area contributed by atoms with Crippen LogP contribution in [0.4, 0.5) is 18.9 Å². The lowest BCUT2D eigenvalue weighted by atomic mass is 9.84. The molecule has 1 saturated heterocycles. The molecule has 1 aromatic carbocycles. The zero-order valence-electron chi connectivity index (χ0n) is 18.8. The van der Waals surface area contributed by atoms with Crippen molar-refractivity contribution in [3.05, 3.63) is 65.4 Å². The maximum atomic E-state index is 14.4. The molecule has 4 rings (SSSR count). The molecule has 0 aliphatic carbocycles. The summed E-state index contributed by atoms with van der Waals surface area (Å²) in [5.74, 6) is -2.89. The first-order chi connectivity index (χ1) is 16.0. The van der Waals surface area contributed by atoms with Gasteiger partial charge in [-0.2, -0.15) is 5.10 Å². The fraction of sp³-hybridized carbons (Fsp3) is 0.391. The number of hydrogen-bond acceptors (Lipinski definition) is 7. The summed E-state index contributed by atoms with van der Waals surface area (Å²) in [5, 5.41) is 28.3. The average molecular weight is 477 g/mol. The molecule has 3 aromatic rings. The number of aryl methyl sites for hydroxylation is 1. The maximum absolute atomic E-state index is 14.4. The molecule has 0 bridgehead atoms. The van der Waals surface area contributed by atoms with Crippen LogP contribution in [0.1, 0.15) is 44.0 Å². The van der Waals surface area contributed by atoms with Crippen LogP contribution < -0.4 is 11.1 Å². The number of ether oxygens (including phenoxy) is 1. The molecule has 2 unspecified atom stereocenters. The van der Waals surface area contributed by atoms with Gasteiger partial charge in [0.05, 0.1) is 34.9 Å². The number of aliphatic hydroxyl groups is 2. The van der Waals surface area contributed by atoms with E-state index in [1.807, 2.05) is 0 Å². The van der Waals surface area contributed by atoms with Crippen molar-refractivity contribution < 1.29 is 28.1 Å². The van der Waals surface area contributed by atoms with E-state index in [4.69, 9.17) is 10.5 Å². The Morgan fingerprint density at radius 2 is 1.88 bits per heavy atom. The highest BCUT2D eigenvalue weighted by Crippen LogP contribution is 2.39. The summed E-state index contributed by atoms with van der Waals surface area (Å²) in [6.07, 6.45) is -0.795. The fourth-order valence-corrected chi connectivity index (χ4v) is 4.06. The van der Waals surface area contributed by atoms with Gasteiger partial charge in [0.25, 0.3) is 0 Å². The Balaban J connectivity index is 1.62. The van der Waals surface area contributed by atoms with E-state index in [0.29, 0.717) is 17.8 Å². The van der Waals surface area contributed by atoms with Crippen molar-refractivity contribution in [1.29, 1.82) is 0 Å². The van der Waals surface area contributed by atoms with E-state index < -0.39 is 58.8 Å². The molecule has 3 heterocycles. The van der Waals surface area contributed by atoms with Crippen LogP contribution in [0.3, 0.4) is 0 Å². The van der Waals surface area contributed by atoms with Crippen molar-refractivity contribution in [3.63, 3.8) is 0 Å². The molecule has 0 saturated carbocycles. The smallest absolute Gasteiger partial charge is 0.168 e. The standard InChI is InChI=1S/C23H26F3N5O3/c1-11-23(2,33)18(27)9-17(34-11)21-16(10-28-31(21)3)30-22(32)15-8-7-14(26)20(29-15)19-12(24)5-4-6-13(19)25/h4-8,10-11,17-18,22,30,32-33H,9,27H2,1-3H3/t11-,17?,18-,22?,23-/m0/s1. The largest absolute Gasteiger partial charge is 0.386 e. The highest BCUT2D eigenvalue weighted by molar-refractivity contribution is 5.62. The van der Waals surface area contributed by atoms with Crippen LogP contribution in [0.2, 0.25) is 0 Å². The van der Waals surface area contributed by atoms with Gasteiger partial charge in [-0.15, -0.1) is 0 Å². The van der Waals surface area contributed by atoms with Gasteiger partial charge in [-0.1, -0.05) is 6.07 Å². The number of pyridine rings is 1. The number of hydrogen-bond donors (Lipinski definition) is 4. The summed E-state index contributed by atoms with van der Waals surface area (Å²) < 4.78 is 50.3. The number of aromatic nitrogens is 3. The number of anilines is 1. The highest BCUT2D eigenvalue weighted by Gasteiger charge is 2.44. The predicted molar refractivity (Wildman–Crippen MR) is 118 cm³/mol. The normalized spacial score (nSPS) is 25.9. The Morgan fingerprint density at radius 3 is 2.53 bits per heavy atom. The molecule has 11 heteroatoms. The minimum Gasteiger partial charge on any atom is -0.386 e. The molecule has 5 atom stereocenters. The summed E-state index contributed by atoms with van der Waals surface area (Å²) in [7, 11) is 1.69. The number of benzene rings is 1. The van der Waals surface area contributed by atoms with Crippen molar-refractivity contribution in [1.82, 2.24) is 14.8 Å². The molecule has 0 radical (unpaired) electrons. The maximum Gasteiger partial charge on any atom is 0.168 e. The molecule has 1 aliphatic rings. The van der Waals surface area contributed by atoms with Gasteiger partial charge in [0.15, 0.2) is 6.23 Å². The van der Waals surface area contributed by atoms with Crippen molar-refractivity contribution in [2.45, 2.75) is 50.3 Å². The van der Waals surface area contributed by atoms with Gasteiger partial charge in [-0.3, -0.25) is 4.68 Å². The fourth-order valence-electron chi connectivity index (χ4n) is 4.06. The molecule has 8 nitrogen and oxygen atoms in total. The molecule has 2 aromatic heterocycles. The zero-order valence-corrected chi connectivity index (χ0v) is 18.8. The Kier molecular flexibility index (Phi) is 6.38. The molecule has 5 N–H and O–H groups in total. The van der Waals surface area contributed by atoms with E-state index in [9.17, 15) is 23.4 Å². The highest BCUT2D eigenvalue weighted by atomic mass is 19.1. The second kappa shape index (κ2) is 8.99. The van der Waals surface area contributed by atoms with Gasteiger partial charge < -0.3 is 26.0 Å². The topological polar surface area (TPSA) is 118 Å². The van der Waals surface area contributed by atoms with Gasteiger partial charge in [0.1, 0.15) is 34.9 Å². The van der Waals surface area contributed by atoms with Crippen molar-refractivity contribution in [2.75, 3.05) is 5.32 Å². The minimum absolute atomic E-state index is 0.0635. The van der Waals surface area contributed by atoms with Crippen molar-refractivity contribution >= 4 is 5.69 Å². The van der Waals surface area contributed by atoms with E-state index >= 15 is 0 Å². The Morgan fingerprint density at radius 1 is 1.21 bits per heavy atom. The van der Waals surface area contributed by atoms with Crippen LogP contribution in [0.25, 0.3) is 11.3 Å². The summed E-state index contributed by atoms with van der Waals surface area (Å²) in [6.45, 7) is 3.33. The second-order valence-electron chi connectivity index (χ2n) is 8.61. The Bertz CT molecular complexity index is 1170. The van der Waals surface area contributed by atoms with Crippen molar-refractivity contribution in [3.8, 4) is 11.3 Å². The SMILES string of the molecule is C[C@@H]1OC(c2c(NC(O)c3ccc(F)c(-c4c(F)cccc4F)n3)cnn2C)C[C@H](N)[C@@]1(C)O. The lowest BCUT2D eigenvalue weighted by Crippen LogP contribution is -2.58. The summed E-state index contributed by atoms with van der Waals surface area (Å²) in [6, 6.07) is 4.77. The molecular formula is C23H26F3N5O3. The van der Waals surface area contributed by atoms with Gasteiger partial charge in [0.2, 0.25) is 0 Å². The summed E-state index contributed by atoms with van der Waals surface area (Å²) in [4.78, 5) is 3.97. The lowest BCUT2D eigenvalue weighted by Gasteiger charge is -2.43. The van der Waals surface area contributed by atoms with E-state index in [1.54, 1.807) is 25.6 Å². The van der Waals surface area contributed by atoms with Crippen molar-refractivity contribution in [2.24, 2.45) is 12.8 Å². The molecule has 1 fully saturated rings. The lowest BCUT2D eigenvalue weighted by molar-refractivity contribution is -0.172. The van der Waals surface area contributed by atoms with E-state index in [0.717, 1.165) is 24.3 Å². The number of nitrogens with zero attached hydrogens (tertiary/aromatic N) is 3. The van der Waals surface area contributed by atoms with Crippen LogP contribution >= 0.6 is 0 Å². The third-order valence-electron chi connectivity index (χ3n) is 6.34. The number of rotatable bonds is 5. The van der Waals surface area contributed by atoms with E-state index in [1.165, 1.54) is 12.3 Å². The van der Waals surface area contributed by atoms with Crippen LogP contribution in [-0.2, 0) is 11.8 Å². The van der Waals surface area contributed by atoms with Crippen LogP contribution in [-0.4, -0.2) is 42.7 Å². The molecule has 0 spiro atoms. The van der Waals surface area contributed by atoms with E-state index in [2.05, 4.69) is 15.4 Å². The van der Waals surface area contributed by atoms with Gasteiger partial charge in [-0.25, -0.2) is 18.2 Å². The van der Waals surface area contributed by atoms with Gasteiger partial charge in [-0.05, 0) is 44.5 Å². The predicted octanol–water partition coefficient (Wildman–Crippen LogP) is 2.93. The monoisotopic (exact) mass is 477 g/mol. The third kappa shape index (κ3) is 4.27. The zero-order chi connectivity index (χ0) is 24.8.